The molecule has 3 N–H and O–H groups in total. The Bertz CT molecular complexity index is 1290. The van der Waals surface area contributed by atoms with Gasteiger partial charge in [-0.1, -0.05) is 12.1 Å². The summed E-state index contributed by atoms with van der Waals surface area (Å²) >= 11 is 0. The zero-order chi connectivity index (χ0) is 26.3. The fourth-order valence-electron chi connectivity index (χ4n) is 3.36. The lowest BCUT2D eigenvalue weighted by atomic mass is 10.0. The Kier molecular flexibility index (Phi) is 8.44. The van der Waals surface area contributed by atoms with E-state index in [1.54, 1.807) is 52.1 Å². The van der Waals surface area contributed by atoms with Crippen molar-refractivity contribution in [2.45, 2.75) is 43.7 Å². The third kappa shape index (κ3) is 7.62. The molecule has 10 heteroatoms. The Balaban J connectivity index is 1.78. The maximum absolute atomic E-state index is 13.2. The molecule has 1 aromatic heterocycles. The fourth-order valence-corrected chi connectivity index (χ4v) is 4.78. The molecule has 3 aromatic rings. The summed E-state index contributed by atoms with van der Waals surface area (Å²) in [5, 5.41) is 5.54. The van der Waals surface area contributed by atoms with Crippen LogP contribution in [0.4, 0.5) is 5.69 Å². The first-order valence-electron chi connectivity index (χ1n) is 11.3. The van der Waals surface area contributed by atoms with Crippen LogP contribution in [0.5, 0.6) is 5.75 Å². The first kappa shape index (κ1) is 26.8. The summed E-state index contributed by atoms with van der Waals surface area (Å²) in [5.41, 5.74) is 0.958. The maximum Gasteiger partial charge on any atom is 0.252 e. The summed E-state index contributed by atoms with van der Waals surface area (Å²) < 4.78 is 32.8. The van der Waals surface area contributed by atoms with Gasteiger partial charge in [0.05, 0.1) is 12.0 Å². The van der Waals surface area contributed by atoms with Gasteiger partial charge in [0.2, 0.25) is 15.9 Å². The van der Waals surface area contributed by atoms with E-state index in [9.17, 15) is 18.0 Å². The molecule has 3 rings (SSSR count). The van der Waals surface area contributed by atoms with Gasteiger partial charge in [0.15, 0.2) is 0 Å². The van der Waals surface area contributed by atoms with Gasteiger partial charge >= 0.3 is 0 Å². The lowest BCUT2D eigenvalue weighted by Crippen LogP contribution is -2.45. The molecular formula is C26H30N4O5S. The summed E-state index contributed by atoms with van der Waals surface area (Å²) in [6.07, 6.45) is 3.23. The zero-order valence-electron chi connectivity index (χ0n) is 20.6. The van der Waals surface area contributed by atoms with Crippen LogP contribution in [-0.4, -0.2) is 43.9 Å². The molecular weight excluding hydrogens is 480 g/mol. The zero-order valence-corrected chi connectivity index (χ0v) is 21.4. The minimum atomic E-state index is -3.71. The smallest absolute Gasteiger partial charge is 0.252 e. The van der Waals surface area contributed by atoms with Gasteiger partial charge in [0.1, 0.15) is 11.8 Å². The number of sulfonamides is 1. The predicted octanol–water partition coefficient (Wildman–Crippen LogP) is 3.15. The lowest BCUT2D eigenvalue weighted by Gasteiger charge is -2.21. The van der Waals surface area contributed by atoms with Crippen LogP contribution in [0, 0.1) is 0 Å². The molecule has 2 amide bonds. The van der Waals surface area contributed by atoms with Crippen molar-refractivity contribution < 1.29 is 22.7 Å². The molecule has 0 aliphatic carbocycles. The van der Waals surface area contributed by atoms with Crippen molar-refractivity contribution in [1.82, 2.24) is 15.0 Å². The molecule has 0 radical (unpaired) electrons. The number of methoxy groups -OCH3 is 1. The summed E-state index contributed by atoms with van der Waals surface area (Å²) in [7, 11) is -2.14. The van der Waals surface area contributed by atoms with Crippen molar-refractivity contribution in [2.75, 3.05) is 12.4 Å². The minimum Gasteiger partial charge on any atom is -0.497 e. The Labute approximate surface area is 211 Å². The number of ether oxygens (including phenoxy) is 1. The van der Waals surface area contributed by atoms with Crippen molar-refractivity contribution in [2.24, 2.45) is 0 Å². The summed E-state index contributed by atoms with van der Waals surface area (Å²) in [5.74, 6) is -0.186. The number of aromatic nitrogens is 1. The molecule has 0 saturated heterocycles. The van der Waals surface area contributed by atoms with Crippen molar-refractivity contribution >= 4 is 27.5 Å². The van der Waals surface area contributed by atoms with E-state index >= 15 is 0 Å². The molecule has 0 saturated carbocycles. The van der Waals surface area contributed by atoms with Crippen LogP contribution in [0.15, 0.2) is 78.0 Å². The minimum absolute atomic E-state index is 0.0798. The number of nitrogens with zero attached hydrogens (tertiary/aromatic N) is 1. The first-order valence-corrected chi connectivity index (χ1v) is 12.7. The standard InChI is InChI=1S/C26H30N4O5S/c1-26(2,3)30-36(33,34)22-11-7-20(8-12-22)28-25(32)23(17-18-5-9-21(35-4)10-6-18)29-24(31)19-13-15-27-16-14-19/h5-16,23,30H,17H2,1-4H3,(H,28,32)(H,29,31)/t23-/m0/s1. The normalized spacial score (nSPS) is 12.4. The second-order valence-corrected chi connectivity index (χ2v) is 10.9. The highest BCUT2D eigenvalue weighted by Crippen LogP contribution is 2.18. The van der Waals surface area contributed by atoms with Crippen molar-refractivity contribution in [1.29, 1.82) is 0 Å². The number of hydrogen-bond donors (Lipinski definition) is 3. The number of carbonyl (C=O) groups excluding carboxylic acids is 2. The van der Waals surface area contributed by atoms with E-state index in [1.807, 2.05) is 12.1 Å². The molecule has 190 valence electrons. The molecule has 0 aliphatic heterocycles. The SMILES string of the molecule is COc1ccc(C[C@H](NC(=O)c2ccncc2)C(=O)Nc2ccc(S(=O)(=O)NC(C)(C)C)cc2)cc1. The van der Waals surface area contributed by atoms with Crippen LogP contribution < -0.4 is 20.1 Å². The third-order valence-electron chi connectivity index (χ3n) is 5.04. The number of hydrogen-bond acceptors (Lipinski definition) is 6. The highest BCUT2D eigenvalue weighted by atomic mass is 32.2. The van der Waals surface area contributed by atoms with E-state index in [0.717, 1.165) is 5.56 Å². The van der Waals surface area contributed by atoms with Gasteiger partial charge in [-0.15, -0.1) is 0 Å². The van der Waals surface area contributed by atoms with E-state index in [4.69, 9.17) is 4.74 Å². The number of benzene rings is 2. The van der Waals surface area contributed by atoms with Gasteiger partial charge in [-0.3, -0.25) is 14.6 Å². The van der Waals surface area contributed by atoms with Crippen molar-refractivity contribution in [3.63, 3.8) is 0 Å². The molecule has 1 atom stereocenters. The molecule has 0 fully saturated rings. The fraction of sp³-hybridized carbons (Fsp3) is 0.269. The van der Waals surface area contributed by atoms with E-state index in [-0.39, 0.29) is 11.3 Å². The Hall–Kier alpha value is -3.76. The molecule has 0 aliphatic rings. The van der Waals surface area contributed by atoms with Gasteiger partial charge in [-0.25, -0.2) is 13.1 Å². The molecule has 36 heavy (non-hydrogen) atoms. The number of pyridine rings is 1. The van der Waals surface area contributed by atoms with Crippen LogP contribution in [0.2, 0.25) is 0 Å². The molecule has 0 spiro atoms. The quantitative estimate of drug-likeness (QED) is 0.406. The summed E-state index contributed by atoms with van der Waals surface area (Å²) in [6.45, 7) is 5.26. The summed E-state index contributed by atoms with van der Waals surface area (Å²) in [6, 6.07) is 15.2. The molecule has 0 bridgehead atoms. The topological polar surface area (TPSA) is 126 Å². The Morgan fingerprint density at radius 1 is 0.944 bits per heavy atom. The predicted molar refractivity (Wildman–Crippen MR) is 137 cm³/mol. The van der Waals surface area contributed by atoms with Gasteiger partial charge in [-0.05, 0) is 74.9 Å². The van der Waals surface area contributed by atoms with E-state index < -0.39 is 33.4 Å². The van der Waals surface area contributed by atoms with E-state index in [1.165, 1.54) is 36.7 Å². The first-order chi connectivity index (χ1) is 17.0. The second-order valence-electron chi connectivity index (χ2n) is 9.18. The number of rotatable bonds is 9. The monoisotopic (exact) mass is 510 g/mol. The number of anilines is 1. The maximum atomic E-state index is 13.2. The molecule has 1 heterocycles. The second kappa shape index (κ2) is 11.3. The summed E-state index contributed by atoms with van der Waals surface area (Å²) in [4.78, 5) is 29.9. The van der Waals surface area contributed by atoms with Gasteiger partial charge < -0.3 is 15.4 Å². The van der Waals surface area contributed by atoms with Crippen LogP contribution in [0.1, 0.15) is 36.7 Å². The molecule has 0 unspecified atom stereocenters. The average molecular weight is 511 g/mol. The van der Waals surface area contributed by atoms with Crippen LogP contribution in [0.3, 0.4) is 0 Å². The Morgan fingerprint density at radius 3 is 2.11 bits per heavy atom. The van der Waals surface area contributed by atoms with Crippen LogP contribution >= 0.6 is 0 Å². The van der Waals surface area contributed by atoms with Gasteiger partial charge in [0, 0.05) is 35.6 Å². The van der Waals surface area contributed by atoms with Crippen LogP contribution in [0.25, 0.3) is 0 Å². The third-order valence-corrected chi connectivity index (χ3v) is 6.81. The number of nitrogens with one attached hydrogen (secondary N) is 3. The van der Waals surface area contributed by atoms with Crippen molar-refractivity contribution in [3.05, 3.63) is 84.2 Å². The van der Waals surface area contributed by atoms with Crippen LogP contribution in [-0.2, 0) is 21.2 Å². The molecule has 9 nitrogen and oxygen atoms in total. The van der Waals surface area contributed by atoms with Gasteiger partial charge in [0.25, 0.3) is 5.91 Å². The molecule has 2 aromatic carbocycles. The Morgan fingerprint density at radius 2 is 1.56 bits per heavy atom. The van der Waals surface area contributed by atoms with Crippen molar-refractivity contribution in [3.8, 4) is 5.75 Å². The van der Waals surface area contributed by atoms with E-state index in [0.29, 0.717) is 17.0 Å². The number of amides is 2. The average Bonchev–Trinajstić information content (AvgIpc) is 2.83. The van der Waals surface area contributed by atoms with Gasteiger partial charge in [-0.2, -0.15) is 0 Å². The number of carbonyl (C=O) groups is 2. The highest BCUT2D eigenvalue weighted by Gasteiger charge is 2.24. The largest absolute Gasteiger partial charge is 0.497 e. The lowest BCUT2D eigenvalue weighted by molar-refractivity contribution is -0.118. The highest BCUT2D eigenvalue weighted by molar-refractivity contribution is 7.89. The van der Waals surface area contributed by atoms with E-state index in [2.05, 4.69) is 20.3 Å².